The van der Waals surface area contributed by atoms with E-state index in [9.17, 15) is 0 Å². The Morgan fingerprint density at radius 3 is 0.367 bits per heavy atom. The van der Waals surface area contributed by atoms with Crippen LogP contribution in [-0.2, 0) is 103 Å². The first-order chi connectivity index (χ1) is 42.8. The minimum absolute atomic E-state index is 0. The van der Waals surface area contributed by atoms with E-state index in [-0.39, 0.29) is 106 Å². The molecule has 10 rings (SSSR count). The maximum absolute atomic E-state index is 5.73. The summed E-state index contributed by atoms with van der Waals surface area (Å²) >= 11 is 9.00. The van der Waals surface area contributed by atoms with E-state index >= 15 is 0 Å². The van der Waals surface area contributed by atoms with Gasteiger partial charge in [-0.1, -0.05) is 0 Å². The van der Waals surface area contributed by atoms with Gasteiger partial charge in [0, 0.05) is 56.6 Å². The molecule has 0 saturated carbocycles. The largest absolute Gasteiger partial charge is 1.00 e. The molecular weight excluding hydrogens is 1740 g/mol. The molecule has 0 aliphatic carbocycles. The van der Waals surface area contributed by atoms with Crippen LogP contribution in [0.25, 0.3) is 0 Å². The van der Waals surface area contributed by atoms with Gasteiger partial charge in [-0.25, -0.2) is 0 Å². The van der Waals surface area contributed by atoms with Crippen LogP contribution in [0.15, 0.2) is 0 Å². The number of nitrogens with one attached hydrogen (secondary N) is 4. The number of ether oxygens (including phenoxy) is 18. The van der Waals surface area contributed by atoms with E-state index in [1.165, 1.54) is 19.6 Å². The summed E-state index contributed by atoms with van der Waals surface area (Å²) in [5, 5.41) is 0. The molecule has 9 fully saturated rings. The molecule has 10 aliphatic rings. The zero-order valence-corrected chi connectivity index (χ0v) is 77.7. The summed E-state index contributed by atoms with van der Waals surface area (Å²) in [4.78, 5) is 10.4. The fourth-order valence-electron chi connectivity index (χ4n) is 8.97. The summed E-state index contributed by atoms with van der Waals surface area (Å²) in [5.74, 6) is 0. The summed E-state index contributed by atoms with van der Waals surface area (Å²) in [5.41, 5.74) is 0. The average Bonchev–Trinajstić information content (AvgIpc) is 3.54. The standard InChI is InChI=1S/3C18H36N2O6.As8.Cr.3Na/c3*1-7-21-13-14-24-10-4-20-5-11-25-17-15-22-8-2-19(1)3-9-23-16-18-26-12-6-20;1-2-4-6-8-7-5-3-1;;;;/h3*1-18H2;;;;;/q;;;;;3*+1/p+4. The van der Waals surface area contributed by atoms with Crippen LogP contribution >= 0.6 is 0 Å². The molecule has 90 heavy (non-hydrogen) atoms. The molecule has 9 saturated heterocycles. The summed E-state index contributed by atoms with van der Waals surface area (Å²) in [7, 11) is 0. The quantitative estimate of drug-likeness (QED) is 0.167. The molecule has 0 unspecified atom stereocenters. The van der Waals surface area contributed by atoms with Gasteiger partial charge in [-0.15, -0.1) is 0 Å². The Bertz CT molecular complexity index is 1200. The number of nitrogens with zero attached hydrogens (tertiary/aromatic N) is 2. The van der Waals surface area contributed by atoms with Gasteiger partial charge in [0.15, 0.2) is 0 Å². The molecule has 36 heteroatoms. The molecule has 10 aliphatic heterocycles. The number of hydrogen-bond acceptors (Lipinski definition) is 20. The van der Waals surface area contributed by atoms with Gasteiger partial charge in [-0.3, -0.25) is 9.80 Å². The average molecular weight is 1850 g/mol. The van der Waals surface area contributed by atoms with Crippen LogP contribution in [0, 0.1) is 0 Å². The van der Waals surface area contributed by atoms with Crippen molar-refractivity contribution in [1.82, 2.24) is 9.80 Å². The zero-order chi connectivity index (χ0) is 60.0. The summed E-state index contributed by atoms with van der Waals surface area (Å²) in [6.45, 7) is 41.4. The molecule has 0 amide bonds. The van der Waals surface area contributed by atoms with Gasteiger partial charge >= 0.3 is 177 Å². The molecule has 6 bridgehead atoms. The molecule has 24 nitrogen and oxygen atoms in total. The maximum Gasteiger partial charge on any atom is 1.00 e. The third-order valence-electron chi connectivity index (χ3n) is 14.2. The Hall–Kier alpha value is 7.04. The Balaban J connectivity index is 0.00000121. The second-order valence-corrected chi connectivity index (χ2v) is 120. The van der Waals surface area contributed by atoms with Crippen molar-refractivity contribution in [3.05, 3.63) is 0 Å². The molecule has 4 N–H and O–H groups in total. The van der Waals surface area contributed by atoms with Crippen molar-refractivity contribution in [3.8, 4) is 0 Å². The van der Waals surface area contributed by atoms with Crippen molar-refractivity contribution in [2.24, 2.45) is 0 Å². The Morgan fingerprint density at radius 2 is 0.256 bits per heavy atom. The molecule has 0 radical (unpaired) electrons. The van der Waals surface area contributed by atoms with E-state index in [1.54, 1.807) is 0 Å². The van der Waals surface area contributed by atoms with E-state index in [4.69, 9.17) is 85.3 Å². The first-order valence-electron chi connectivity index (χ1n) is 31.6. The van der Waals surface area contributed by atoms with E-state index in [0.29, 0.717) is 159 Å². The topological polar surface area (TPSA) is 190 Å². The van der Waals surface area contributed by atoms with Crippen molar-refractivity contribution in [1.29, 1.82) is 0 Å². The van der Waals surface area contributed by atoms with Gasteiger partial charge in [0.25, 0.3) is 0 Å². The Kier molecular flexibility index (Phi) is 84.8. The van der Waals surface area contributed by atoms with Crippen LogP contribution in [-0.4, -0.2) is 454 Å². The van der Waals surface area contributed by atoms with Crippen LogP contribution in [0.1, 0.15) is 0 Å². The first-order valence-corrected chi connectivity index (χ1v) is 73.2. The molecule has 10 heterocycles. The van der Waals surface area contributed by atoms with E-state index < -0.39 is 0 Å². The van der Waals surface area contributed by atoms with Gasteiger partial charge in [0.2, 0.25) is 0 Å². The van der Waals surface area contributed by atoms with Crippen molar-refractivity contribution in [3.63, 3.8) is 0 Å². The minimum atomic E-state index is 0. The first kappa shape index (κ1) is 97.0. The predicted octanol–water partition coefficient (Wildman–Crippen LogP) is -18.6. The third-order valence-corrected chi connectivity index (χ3v) is 247. The van der Waals surface area contributed by atoms with Crippen LogP contribution in [0.3, 0.4) is 0 Å². The SMILES string of the molecule is C1COCC[NH+]2CCOCCOCCN(CCO1)CCOCCOCC2.C1COCC[NH+]2CCOCCOCCN(CCO1)CCOCCOCC2.C1COCC[NH+]2CCOCCOCC[NH+](CCO1)CCOCCOCC2.[As]1=[As][As]=[As][As]=[As][As]=[As]1.[Cr].[Na+].[Na+].[Na+]. The zero-order valence-electron chi connectivity index (χ0n) is 55.4. The van der Waals surface area contributed by atoms with Gasteiger partial charge in [0.05, 0.1) is 238 Å². The van der Waals surface area contributed by atoms with E-state index in [0.717, 1.165) is 286 Å². The number of fused-ring (bicyclic) bond motifs is 63. The summed E-state index contributed by atoms with van der Waals surface area (Å²) < 4.78 is 103. The van der Waals surface area contributed by atoms with Crippen molar-refractivity contribution < 1.29 is 211 Å². The van der Waals surface area contributed by atoms with Crippen molar-refractivity contribution in [2.45, 2.75) is 0 Å². The van der Waals surface area contributed by atoms with Gasteiger partial charge in [0.1, 0.15) is 78.5 Å². The van der Waals surface area contributed by atoms with E-state index in [1.807, 2.05) is 0 Å². The summed E-state index contributed by atoms with van der Waals surface area (Å²) in [6, 6.07) is 0. The molecular formula is C54H112As8CrN6Na3O18+7. The van der Waals surface area contributed by atoms with Crippen molar-refractivity contribution >= 4 is 88.6 Å². The smallest absolute Gasteiger partial charge is 0 e. The number of quaternary nitrogens is 4. The molecule has 508 valence electrons. The molecule has 0 aromatic heterocycles. The fraction of sp³-hybridized carbons (Fsp3) is 1.00. The normalized spacial score (nSPS) is 29.2. The van der Waals surface area contributed by atoms with Crippen LogP contribution in [0.2, 0.25) is 0 Å². The second-order valence-electron chi connectivity index (χ2n) is 20.4. The van der Waals surface area contributed by atoms with E-state index in [2.05, 4.69) is 9.80 Å². The Labute approximate surface area is 655 Å². The number of rotatable bonds is 0. The maximum atomic E-state index is 5.73. The second kappa shape index (κ2) is 78.6. The van der Waals surface area contributed by atoms with Crippen LogP contribution in [0.4, 0.5) is 0 Å². The van der Waals surface area contributed by atoms with Crippen LogP contribution in [0.5, 0.6) is 0 Å². The Morgan fingerprint density at radius 1 is 0.156 bits per heavy atom. The van der Waals surface area contributed by atoms with Gasteiger partial charge in [-0.2, -0.15) is 0 Å². The molecule has 0 atom stereocenters. The predicted molar refractivity (Wildman–Crippen MR) is 336 cm³/mol. The molecule has 0 spiro atoms. The number of hydrogen-bond donors (Lipinski definition) is 4. The summed E-state index contributed by atoms with van der Waals surface area (Å²) in [6.07, 6.45) is 0. The van der Waals surface area contributed by atoms with Crippen molar-refractivity contribution in [2.75, 3.05) is 356 Å². The molecule has 0 aromatic carbocycles. The minimum Gasteiger partial charge on any atom is 0 e. The van der Waals surface area contributed by atoms with Gasteiger partial charge in [-0.05, 0) is 0 Å². The fourth-order valence-corrected chi connectivity index (χ4v) is 551. The third kappa shape index (κ3) is 64.6. The monoisotopic (exact) mass is 1850 g/mol. The molecule has 0 aromatic rings. The van der Waals surface area contributed by atoms with Gasteiger partial charge < -0.3 is 105 Å². The van der Waals surface area contributed by atoms with Crippen LogP contribution < -0.4 is 108 Å².